The minimum atomic E-state index is -0.548. The molecule has 3 unspecified atom stereocenters. The zero-order valence-electron chi connectivity index (χ0n) is 10.9. The Balaban J connectivity index is 1.65. The van der Waals surface area contributed by atoms with E-state index in [0.717, 1.165) is 18.4 Å². The second kappa shape index (κ2) is 4.30. The van der Waals surface area contributed by atoms with E-state index in [1.54, 1.807) is 0 Å². The van der Waals surface area contributed by atoms with Crippen molar-refractivity contribution in [2.45, 2.75) is 31.6 Å². The summed E-state index contributed by atoms with van der Waals surface area (Å²) in [6.45, 7) is 0. The van der Waals surface area contributed by atoms with Crippen LogP contribution in [0, 0.1) is 17.7 Å². The molecule has 0 aliphatic heterocycles. The summed E-state index contributed by atoms with van der Waals surface area (Å²) in [5, 5.41) is 13.3. The number of nitrogens with zero attached hydrogens (tertiary/aromatic N) is 2. The van der Waals surface area contributed by atoms with Crippen LogP contribution in [0.2, 0.25) is 0 Å². The summed E-state index contributed by atoms with van der Waals surface area (Å²) in [6, 6.07) is 3.93. The number of phenolic OH excluding ortho intramolecular Hbond substituents is 1. The van der Waals surface area contributed by atoms with Crippen LogP contribution < -0.4 is 0 Å². The van der Waals surface area contributed by atoms with E-state index in [-0.39, 0.29) is 17.2 Å². The summed E-state index contributed by atoms with van der Waals surface area (Å²) in [6.07, 6.45) is 4.95. The van der Waals surface area contributed by atoms with Crippen molar-refractivity contribution < 1.29 is 14.0 Å². The zero-order chi connectivity index (χ0) is 13.7. The van der Waals surface area contributed by atoms with Gasteiger partial charge in [0.15, 0.2) is 5.82 Å². The topological polar surface area (TPSA) is 59.2 Å². The highest BCUT2D eigenvalue weighted by molar-refractivity contribution is 5.55. The molecule has 1 heterocycles. The minimum absolute atomic E-state index is 0.112. The largest absolute Gasteiger partial charge is 0.508 e. The van der Waals surface area contributed by atoms with Gasteiger partial charge in [-0.25, -0.2) is 4.39 Å². The lowest BCUT2D eigenvalue weighted by atomic mass is 9.88. The van der Waals surface area contributed by atoms with Crippen LogP contribution in [-0.2, 0) is 0 Å². The molecule has 2 bridgehead atoms. The van der Waals surface area contributed by atoms with Crippen LogP contribution in [0.3, 0.4) is 0 Å². The van der Waals surface area contributed by atoms with Gasteiger partial charge in [0, 0.05) is 12.0 Å². The molecule has 0 saturated heterocycles. The standard InChI is InChI=1S/C15H15FN2O2/c16-13-7-10(19)3-4-11(13)15-17-14(18-20-15)12-6-8-1-2-9(12)5-8/h3-4,7-9,12,19H,1-2,5-6H2. The van der Waals surface area contributed by atoms with Crippen LogP contribution in [0.25, 0.3) is 11.5 Å². The Morgan fingerprint density at radius 1 is 1.25 bits per heavy atom. The Morgan fingerprint density at radius 3 is 2.85 bits per heavy atom. The fourth-order valence-corrected chi connectivity index (χ4v) is 3.73. The molecule has 2 fully saturated rings. The molecular weight excluding hydrogens is 259 g/mol. The van der Waals surface area contributed by atoms with Gasteiger partial charge in [-0.3, -0.25) is 0 Å². The fraction of sp³-hybridized carbons (Fsp3) is 0.467. The maximum absolute atomic E-state index is 13.8. The van der Waals surface area contributed by atoms with E-state index in [2.05, 4.69) is 10.1 Å². The van der Waals surface area contributed by atoms with Crippen molar-refractivity contribution in [3.05, 3.63) is 29.8 Å². The Hall–Kier alpha value is -1.91. The zero-order valence-corrected chi connectivity index (χ0v) is 10.9. The number of hydrogen-bond donors (Lipinski definition) is 1. The smallest absolute Gasteiger partial charge is 0.260 e. The summed E-state index contributed by atoms with van der Waals surface area (Å²) in [4.78, 5) is 4.37. The number of rotatable bonds is 2. The normalized spacial score (nSPS) is 28.1. The predicted octanol–water partition coefficient (Wildman–Crippen LogP) is 3.48. The average Bonchev–Trinajstić information content (AvgIpc) is 3.14. The molecular formula is C15H15FN2O2. The van der Waals surface area contributed by atoms with Gasteiger partial charge in [0.25, 0.3) is 5.89 Å². The lowest BCUT2D eigenvalue weighted by Crippen LogP contribution is -2.09. The molecule has 104 valence electrons. The number of aromatic nitrogens is 2. The number of fused-ring (bicyclic) bond motifs is 2. The maximum atomic E-state index is 13.8. The monoisotopic (exact) mass is 274 g/mol. The van der Waals surface area contributed by atoms with Crippen molar-refractivity contribution >= 4 is 0 Å². The summed E-state index contributed by atoms with van der Waals surface area (Å²) in [7, 11) is 0. The van der Waals surface area contributed by atoms with E-state index in [4.69, 9.17) is 4.52 Å². The molecule has 4 rings (SSSR count). The molecule has 0 spiro atoms. The molecule has 2 saturated carbocycles. The van der Waals surface area contributed by atoms with E-state index in [1.807, 2.05) is 0 Å². The first-order valence-corrected chi connectivity index (χ1v) is 7.03. The van der Waals surface area contributed by atoms with Crippen molar-refractivity contribution in [2.24, 2.45) is 11.8 Å². The number of benzene rings is 1. The van der Waals surface area contributed by atoms with Gasteiger partial charge < -0.3 is 9.63 Å². The highest BCUT2D eigenvalue weighted by Gasteiger charge is 2.42. The van der Waals surface area contributed by atoms with E-state index >= 15 is 0 Å². The van der Waals surface area contributed by atoms with Crippen LogP contribution >= 0.6 is 0 Å². The highest BCUT2D eigenvalue weighted by Crippen LogP contribution is 2.52. The van der Waals surface area contributed by atoms with Gasteiger partial charge in [-0.1, -0.05) is 11.6 Å². The fourth-order valence-electron chi connectivity index (χ4n) is 3.73. The second-order valence-electron chi connectivity index (χ2n) is 5.90. The van der Waals surface area contributed by atoms with Gasteiger partial charge in [0.1, 0.15) is 11.6 Å². The summed E-state index contributed by atoms with van der Waals surface area (Å²) < 4.78 is 19.0. The Morgan fingerprint density at radius 2 is 2.15 bits per heavy atom. The van der Waals surface area contributed by atoms with Gasteiger partial charge >= 0.3 is 0 Å². The van der Waals surface area contributed by atoms with Gasteiger partial charge in [-0.2, -0.15) is 4.98 Å². The Labute approximate surface area is 115 Å². The molecule has 5 heteroatoms. The number of aromatic hydroxyl groups is 1. The molecule has 0 radical (unpaired) electrons. The van der Waals surface area contributed by atoms with Crippen molar-refractivity contribution in [1.29, 1.82) is 0 Å². The van der Waals surface area contributed by atoms with E-state index in [9.17, 15) is 9.50 Å². The first-order valence-electron chi connectivity index (χ1n) is 7.03. The summed E-state index contributed by atoms with van der Waals surface area (Å²) in [5.41, 5.74) is 0.240. The molecule has 2 aromatic rings. The highest BCUT2D eigenvalue weighted by atomic mass is 19.1. The van der Waals surface area contributed by atoms with Gasteiger partial charge in [-0.05, 0) is 43.2 Å². The van der Waals surface area contributed by atoms with Gasteiger partial charge in [0.05, 0.1) is 5.56 Å². The van der Waals surface area contributed by atoms with E-state index < -0.39 is 5.82 Å². The third-order valence-corrected chi connectivity index (χ3v) is 4.69. The number of halogens is 1. The summed E-state index contributed by atoms with van der Waals surface area (Å²) in [5.74, 6) is 2.08. The molecule has 4 nitrogen and oxygen atoms in total. The van der Waals surface area contributed by atoms with Crippen LogP contribution in [0.4, 0.5) is 4.39 Å². The molecule has 2 aliphatic carbocycles. The minimum Gasteiger partial charge on any atom is -0.508 e. The van der Waals surface area contributed by atoms with Gasteiger partial charge in [0.2, 0.25) is 0 Å². The van der Waals surface area contributed by atoms with Gasteiger partial charge in [-0.15, -0.1) is 0 Å². The average molecular weight is 274 g/mol. The first kappa shape index (κ1) is 11.9. The molecule has 3 atom stereocenters. The number of phenols is 1. The predicted molar refractivity (Wildman–Crippen MR) is 69.5 cm³/mol. The lowest BCUT2D eigenvalue weighted by molar-refractivity contribution is 0.372. The van der Waals surface area contributed by atoms with Crippen LogP contribution in [0.1, 0.15) is 37.4 Å². The van der Waals surface area contributed by atoms with Crippen LogP contribution in [-0.4, -0.2) is 15.2 Å². The number of hydrogen-bond acceptors (Lipinski definition) is 4. The van der Waals surface area contributed by atoms with Crippen molar-refractivity contribution in [3.63, 3.8) is 0 Å². The maximum Gasteiger partial charge on any atom is 0.260 e. The van der Waals surface area contributed by atoms with Crippen molar-refractivity contribution in [1.82, 2.24) is 10.1 Å². The van der Waals surface area contributed by atoms with Crippen molar-refractivity contribution in [2.75, 3.05) is 0 Å². The second-order valence-corrected chi connectivity index (χ2v) is 5.90. The van der Waals surface area contributed by atoms with Crippen molar-refractivity contribution in [3.8, 4) is 17.2 Å². The lowest BCUT2D eigenvalue weighted by Gasteiger charge is -2.17. The summed E-state index contributed by atoms with van der Waals surface area (Å²) >= 11 is 0. The molecule has 20 heavy (non-hydrogen) atoms. The molecule has 1 aromatic carbocycles. The SMILES string of the molecule is Oc1ccc(-c2nc(C3CC4CCC3C4)no2)c(F)c1. The third-order valence-electron chi connectivity index (χ3n) is 4.69. The molecule has 0 amide bonds. The third kappa shape index (κ3) is 1.80. The van der Waals surface area contributed by atoms with Crippen LogP contribution in [0.5, 0.6) is 5.75 Å². The van der Waals surface area contributed by atoms with E-state index in [0.29, 0.717) is 17.7 Å². The molecule has 1 N–H and O–H groups in total. The Bertz CT molecular complexity index is 655. The van der Waals surface area contributed by atoms with E-state index in [1.165, 1.54) is 31.4 Å². The Kier molecular flexibility index (Phi) is 2.55. The molecule has 2 aliphatic rings. The van der Waals surface area contributed by atoms with Crippen LogP contribution in [0.15, 0.2) is 22.7 Å². The quantitative estimate of drug-likeness (QED) is 0.910. The first-order chi connectivity index (χ1) is 9.70. The molecule has 1 aromatic heterocycles.